The molecule has 0 aliphatic heterocycles. The van der Waals surface area contributed by atoms with Gasteiger partial charge in [0.2, 0.25) is 0 Å². The summed E-state index contributed by atoms with van der Waals surface area (Å²) in [5, 5.41) is 9.54. The predicted molar refractivity (Wildman–Crippen MR) is 130 cm³/mol. The fraction of sp³-hybridized carbons (Fsp3) is 0.0345. The lowest BCUT2D eigenvalue weighted by atomic mass is 10.0. The Morgan fingerprint density at radius 1 is 0.758 bits per heavy atom. The first kappa shape index (κ1) is 21.6. The molecule has 0 saturated heterocycles. The minimum Gasteiger partial charge on any atom is -0.493 e. The number of carbonyl (C=O) groups excluding carboxylic acids is 1. The third kappa shape index (κ3) is 5.17. The fourth-order valence-electron chi connectivity index (χ4n) is 3.41. The van der Waals surface area contributed by atoms with E-state index < -0.39 is 5.97 Å². The number of nitriles is 1. The zero-order valence-corrected chi connectivity index (χ0v) is 18.1. The lowest BCUT2D eigenvalue weighted by Gasteiger charge is -2.11. The Morgan fingerprint density at radius 2 is 1.39 bits per heavy atom. The molecule has 4 heteroatoms. The average molecular weight is 431 g/mol. The second kappa shape index (κ2) is 10.1. The van der Waals surface area contributed by atoms with Gasteiger partial charge in [-0.1, -0.05) is 78.9 Å². The molecule has 0 amide bonds. The van der Waals surface area contributed by atoms with Crippen molar-refractivity contribution in [1.82, 2.24) is 0 Å². The molecule has 0 atom stereocenters. The van der Waals surface area contributed by atoms with E-state index >= 15 is 0 Å². The average Bonchev–Trinajstić information content (AvgIpc) is 2.89. The molecule has 4 rings (SSSR count). The summed E-state index contributed by atoms with van der Waals surface area (Å²) in [6.45, 7) is 0. The van der Waals surface area contributed by atoms with Crippen molar-refractivity contribution in [2.24, 2.45) is 0 Å². The van der Waals surface area contributed by atoms with Gasteiger partial charge in [0.15, 0.2) is 11.5 Å². The van der Waals surface area contributed by atoms with Crippen molar-refractivity contribution >= 4 is 17.6 Å². The maximum absolute atomic E-state index is 12.7. The fourth-order valence-corrected chi connectivity index (χ4v) is 3.41. The lowest BCUT2D eigenvalue weighted by molar-refractivity contribution is 0.0729. The van der Waals surface area contributed by atoms with Crippen molar-refractivity contribution in [3.8, 4) is 28.7 Å². The van der Waals surface area contributed by atoms with Crippen LogP contribution in [0.1, 0.15) is 21.5 Å². The Hall–Kier alpha value is -4.62. The number of esters is 1. The smallest absolute Gasteiger partial charge is 0.343 e. The second-order valence-corrected chi connectivity index (χ2v) is 7.28. The third-order valence-electron chi connectivity index (χ3n) is 5.13. The zero-order chi connectivity index (χ0) is 23.0. The van der Waals surface area contributed by atoms with E-state index in [1.165, 1.54) is 7.11 Å². The minimum atomic E-state index is -0.474. The molecule has 0 aliphatic rings. The van der Waals surface area contributed by atoms with Crippen LogP contribution in [-0.4, -0.2) is 13.1 Å². The first-order valence-corrected chi connectivity index (χ1v) is 10.4. The van der Waals surface area contributed by atoms with Gasteiger partial charge >= 0.3 is 5.97 Å². The molecule has 33 heavy (non-hydrogen) atoms. The van der Waals surface area contributed by atoms with Crippen LogP contribution in [0.4, 0.5) is 0 Å². The van der Waals surface area contributed by atoms with Gasteiger partial charge in [-0.05, 0) is 52.6 Å². The number of hydrogen-bond acceptors (Lipinski definition) is 4. The summed E-state index contributed by atoms with van der Waals surface area (Å²) in [7, 11) is 1.51. The molecule has 4 aromatic carbocycles. The molecule has 0 saturated carbocycles. The monoisotopic (exact) mass is 431 g/mol. The molecule has 0 heterocycles. The van der Waals surface area contributed by atoms with Gasteiger partial charge in [-0.3, -0.25) is 0 Å². The second-order valence-electron chi connectivity index (χ2n) is 7.28. The number of benzene rings is 4. The molecule has 0 aliphatic carbocycles. The summed E-state index contributed by atoms with van der Waals surface area (Å²) < 4.78 is 11.0. The molecule has 0 N–H and O–H groups in total. The van der Waals surface area contributed by atoms with Gasteiger partial charge in [-0.15, -0.1) is 0 Å². The van der Waals surface area contributed by atoms with Crippen molar-refractivity contribution in [2.75, 3.05) is 7.11 Å². The van der Waals surface area contributed by atoms with Crippen LogP contribution >= 0.6 is 0 Å². The highest BCUT2D eigenvalue weighted by atomic mass is 16.6. The summed E-state index contributed by atoms with van der Waals surface area (Å²) in [4.78, 5) is 12.7. The van der Waals surface area contributed by atoms with Gasteiger partial charge in [-0.2, -0.15) is 5.26 Å². The first-order valence-electron chi connectivity index (χ1n) is 10.4. The number of allylic oxidation sites excluding steroid dienone is 1. The van der Waals surface area contributed by atoms with Gasteiger partial charge in [0.25, 0.3) is 0 Å². The molecule has 0 spiro atoms. The Kier molecular flexibility index (Phi) is 6.63. The topological polar surface area (TPSA) is 59.3 Å². The van der Waals surface area contributed by atoms with Gasteiger partial charge in [-0.25, -0.2) is 4.79 Å². The first-order chi connectivity index (χ1) is 16.2. The molecule has 0 fully saturated rings. The molecule has 4 nitrogen and oxygen atoms in total. The number of hydrogen-bond donors (Lipinski definition) is 0. The molecule has 160 valence electrons. The largest absolute Gasteiger partial charge is 0.493 e. The normalized spacial score (nSPS) is 10.8. The van der Waals surface area contributed by atoms with Crippen molar-refractivity contribution < 1.29 is 14.3 Å². The van der Waals surface area contributed by atoms with Gasteiger partial charge < -0.3 is 9.47 Å². The van der Waals surface area contributed by atoms with E-state index in [0.29, 0.717) is 22.6 Å². The van der Waals surface area contributed by atoms with Crippen LogP contribution in [0.15, 0.2) is 103 Å². The van der Waals surface area contributed by atoms with Crippen LogP contribution in [-0.2, 0) is 0 Å². The number of rotatable bonds is 6. The standard InChI is InChI=1S/C29H21NO3/c1-32-28-19-21(18-26(20-30)23-10-6-3-7-11-23)12-17-27(28)33-29(31)25-15-13-24(14-16-25)22-8-4-2-5-9-22/h2-19H,1H3. The van der Waals surface area contributed by atoms with E-state index in [4.69, 9.17) is 9.47 Å². The Labute approximate surface area is 193 Å². The molecular formula is C29H21NO3. The Morgan fingerprint density at radius 3 is 2.03 bits per heavy atom. The Balaban J connectivity index is 1.53. The minimum absolute atomic E-state index is 0.310. The van der Waals surface area contributed by atoms with Crippen molar-refractivity contribution in [3.63, 3.8) is 0 Å². The summed E-state index contributed by atoms with van der Waals surface area (Å²) in [5.41, 5.74) is 4.66. The van der Waals surface area contributed by atoms with Gasteiger partial charge in [0.1, 0.15) is 0 Å². The van der Waals surface area contributed by atoms with Gasteiger partial charge in [0, 0.05) is 0 Å². The summed E-state index contributed by atoms with van der Waals surface area (Å²) in [5.74, 6) is 0.242. The van der Waals surface area contributed by atoms with E-state index in [-0.39, 0.29) is 0 Å². The summed E-state index contributed by atoms with van der Waals surface area (Å²) >= 11 is 0. The van der Waals surface area contributed by atoms with Crippen LogP contribution in [0.25, 0.3) is 22.8 Å². The molecule has 0 unspecified atom stereocenters. The quantitative estimate of drug-likeness (QED) is 0.148. The van der Waals surface area contributed by atoms with Crippen LogP contribution < -0.4 is 9.47 Å². The molecular weight excluding hydrogens is 410 g/mol. The van der Waals surface area contributed by atoms with E-state index in [1.807, 2.05) is 72.8 Å². The maximum atomic E-state index is 12.7. The molecule has 0 bridgehead atoms. The summed E-state index contributed by atoms with van der Waals surface area (Å²) in [6.07, 6.45) is 1.77. The van der Waals surface area contributed by atoms with Crippen molar-refractivity contribution in [1.29, 1.82) is 5.26 Å². The predicted octanol–water partition coefficient (Wildman–Crippen LogP) is 6.65. The van der Waals surface area contributed by atoms with Crippen LogP contribution in [0.2, 0.25) is 0 Å². The highest BCUT2D eigenvalue weighted by Crippen LogP contribution is 2.31. The number of carbonyl (C=O) groups is 1. The molecule has 4 aromatic rings. The van der Waals surface area contributed by atoms with Crippen LogP contribution in [0, 0.1) is 11.3 Å². The third-order valence-corrected chi connectivity index (χ3v) is 5.13. The van der Waals surface area contributed by atoms with Crippen molar-refractivity contribution in [2.45, 2.75) is 0 Å². The van der Waals surface area contributed by atoms with E-state index in [2.05, 4.69) is 6.07 Å². The van der Waals surface area contributed by atoms with Crippen molar-refractivity contribution in [3.05, 3.63) is 120 Å². The van der Waals surface area contributed by atoms with Crippen LogP contribution in [0.5, 0.6) is 11.5 Å². The zero-order valence-electron chi connectivity index (χ0n) is 18.1. The number of ether oxygens (including phenoxy) is 2. The Bertz CT molecular complexity index is 1320. The lowest BCUT2D eigenvalue weighted by Crippen LogP contribution is -2.09. The molecule has 0 radical (unpaired) electrons. The highest BCUT2D eigenvalue weighted by molar-refractivity contribution is 5.92. The highest BCUT2D eigenvalue weighted by Gasteiger charge is 2.13. The summed E-state index contributed by atoms with van der Waals surface area (Å²) in [6, 6.07) is 34.1. The molecule has 0 aromatic heterocycles. The van der Waals surface area contributed by atoms with E-state index in [1.54, 1.807) is 36.4 Å². The number of nitrogens with zero attached hydrogens (tertiary/aromatic N) is 1. The number of methoxy groups -OCH3 is 1. The SMILES string of the molecule is COc1cc(C=C(C#N)c2ccccc2)ccc1OC(=O)c1ccc(-c2ccccc2)cc1. The van der Waals surface area contributed by atoms with E-state index in [0.717, 1.165) is 22.3 Å². The maximum Gasteiger partial charge on any atom is 0.343 e. The van der Waals surface area contributed by atoms with Gasteiger partial charge in [0.05, 0.1) is 24.3 Å². The van der Waals surface area contributed by atoms with Crippen LogP contribution in [0.3, 0.4) is 0 Å². The van der Waals surface area contributed by atoms with E-state index in [9.17, 15) is 10.1 Å².